The van der Waals surface area contributed by atoms with E-state index in [0.717, 1.165) is 12.2 Å². The van der Waals surface area contributed by atoms with Crippen LogP contribution in [0.15, 0.2) is 18.2 Å². The van der Waals surface area contributed by atoms with Crippen LogP contribution in [0.4, 0.5) is 11.4 Å². The fourth-order valence-corrected chi connectivity index (χ4v) is 2.25. The molecule has 0 aliphatic carbocycles. The number of ketones is 1. The first kappa shape index (κ1) is 13.5. The average molecular weight is 264 g/mol. The molecule has 1 aromatic carbocycles. The lowest BCUT2D eigenvalue weighted by molar-refractivity contribution is -0.385. The SMILES string of the molecule is CC(=O)c1cc(N2CCOCC2C)ccc1[N+](=O)[O-]. The number of benzene rings is 1. The number of ether oxygens (including phenoxy) is 1. The van der Waals surface area contributed by atoms with Crippen LogP contribution in [0, 0.1) is 10.1 Å². The Morgan fingerprint density at radius 2 is 2.26 bits per heavy atom. The number of anilines is 1. The highest BCUT2D eigenvalue weighted by Gasteiger charge is 2.23. The third kappa shape index (κ3) is 2.73. The molecular formula is C13H16N2O4. The van der Waals surface area contributed by atoms with E-state index in [1.165, 1.54) is 13.0 Å². The number of carbonyl (C=O) groups is 1. The van der Waals surface area contributed by atoms with Crippen LogP contribution in [0.1, 0.15) is 24.2 Å². The number of nitro benzene ring substituents is 1. The molecule has 0 spiro atoms. The smallest absolute Gasteiger partial charge is 0.280 e. The van der Waals surface area contributed by atoms with Crippen molar-refractivity contribution < 1.29 is 14.5 Å². The largest absolute Gasteiger partial charge is 0.377 e. The summed E-state index contributed by atoms with van der Waals surface area (Å²) in [4.78, 5) is 24.0. The van der Waals surface area contributed by atoms with E-state index in [0.29, 0.717) is 13.2 Å². The van der Waals surface area contributed by atoms with Gasteiger partial charge in [-0.2, -0.15) is 0 Å². The number of carbonyl (C=O) groups excluding carboxylic acids is 1. The summed E-state index contributed by atoms with van der Waals surface area (Å²) >= 11 is 0. The predicted octanol–water partition coefficient (Wildman–Crippen LogP) is 2.02. The van der Waals surface area contributed by atoms with Crippen molar-refractivity contribution in [1.29, 1.82) is 0 Å². The maximum atomic E-state index is 11.5. The van der Waals surface area contributed by atoms with E-state index in [1.807, 2.05) is 6.92 Å². The molecule has 1 aliphatic heterocycles. The first-order valence-corrected chi connectivity index (χ1v) is 6.14. The quantitative estimate of drug-likeness (QED) is 0.474. The molecule has 1 aliphatic rings. The van der Waals surface area contributed by atoms with Crippen LogP contribution in [0.3, 0.4) is 0 Å². The van der Waals surface area contributed by atoms with Crippen LogP contribution in [0.5, 0.6) is 0 Å². The first-order valence-electron chi connectivity index (χ1n) is 6.14. The van der Waals surface area contributed by atoms with Gasteiger partial charge in [-0.15, -0.1) is 0 Å². The molecule has 0 N–H and O–H groups in total. The van der Waals surface area contributed by atoms with Crippen molar-refractivity contribution in [3.8, 4) is 0 Å². The van der Waals surface area contributed by atoms with Crippen LogP contribution in [-0.4, -0.2) is 36.5 Å². The van der Waals surface area contributed by atoms with Gasteiger partial charge in [0.15, 0.2) is 5.78 Å². The minimum Gasteiger partial charge on any atom is -0.377 e. The molecule has 1 unspecified atom stereocenters. The molecule has 19 heavy (non-hydrogen) atoms. The summed E-state index contributed by atoms with van der Waals surface area (Å²) in [7, 11) is 0. The monoisotopic (exact) mass is 264 g/mol. The van der Waals surface area contributed by atoms with Gasteiger partial charge in [0.1, 0.15) is 0 Å². The summed E-state index contributed by atoms with van der Waals surface area (Å²) in [6.07, 6.45) is 0. The molecule has 2 rings (SSSR count). The fourth-order valence-electron chi connectivity index (χ4n) is 2.25. The topological polar surface area (TPSA) is 72.7 Å². The Labute approximate surface area is 111 Å². The summed E-state index contributed by atoms with van der Waals surface area (Å²) in [6.45, 7) is 5.32. The molecule has 0 amide bonds. The maximum Gasteiger partial charge on any atom is 0.280 e. The Bertz CT molecular complexity index is 515. The maximum absolute atomic E-state index is 11.5. The lowest BCUT2D eigenvalue weighted by Crippen LogP contribution is -2.43. The lowest BCUT2D eigenvalue weighted by Gasteiger charge is -2.35. The zero-order valence-corrected chi connectivity index (χ0v) is 11.0. The van der Waals surface area contributed by atoms with Crippen LogP contribution < -0.4 is 4.90 Å². The van der Waals surface area contributed by atoms with Crippen LogP contribution >= 0.6 is 0 Å². The number of Topliss-reactive ketones (excluding diaryl/α,β-unsaturated/α-hetero) is 1. The average Bonchev–Trinajstić information content (AvgIpc) is 2.38. The zero-order valence-electron chi connectivity index (χ0n) is 11.0. The van der Waals surface area contributed by atoms with Crippen molar-refractivity contribution in [2.24, 2.45) is 0 Å². The first-order chi connectivity index (χ1) is 9.00. The summed E-state index contributed by atoms with van der Waals surface area (Å²) in [5.41, 5.74) is 0.838. The van der Waals surface area contributed by atoms with Gasteiger partial charge >= 0.3 is 0 Å². The van der Waals surface area contributed by atoms with Gasteiger partial charge in [-0.05, 0) is 26.0 Å². The summed E-state index contributed by atoms with van der Waals surface area (Å²) < 4.78 is 5.36. The molecule has 6 nitrogen and oxygen atoms in total. The van der Waals surface area contributed by atoms with E-state index >= 15 is 0 Å². The number of nitro groups is 1. The van der Waals surface area contributed by atoms with Gasteiger partial charge < -0.3 is 9.64 Å². The molecule has 0 saturated carbocycles. The molecule has 1 heterocycles. The van der Waals surface area contributed by atoms with Crippen molar-refractivity contribution >= 4 is 17.2 Å². The number of hydrogen-bond donors (Lipinski definition) is 0. The van der Waals surface area contributed by atoms with Gasteiger partial charge in [0.25, 0.3) is 5.69 Å². The molecule has 0 radical (unpaired) electrons. The van der Waals surface area contributed by atoms with E-state index in [1.54, 1.807) is 12.1 Å². The van der Waals surface area contributed by atoms with Crippen molar-refractivity contribution in [1.82, 2.24) is 0 Å². The van der Waals surface area contributed by atoms with Gasteiger partial charge in [0.2, 0.25) is 0 Å². The van der Waals surface area contributed by atoms with Gasteiger partial charge in [0, 0.05) is 24.3 Å². The molecule has 0 bridgehead atoms. The Kier molecular flexibility index (Phi) is 3.80. The highest BCUT2D eigenvalue weighted by atomic mass is 16.6. The second kappa shape index (κ2) is 5.36. The third-order valence-electron chi connectivity index (χ3n) is 3.26. The molecule has 1 saturated heterocycles. The predicted molar refractivity (Wildman–Crippen MR) is 70.7 cm³/mol. The Hall–Kier alpha value is -1.95. The normalized spacial score (nSPS) is 19.3. The van der Waals surface area contributed by atoms with Crippen LogP contribution in [0.25, 0.3) is 0 Å². The number of nitrogens with zero attached hydrogens (tertiary/aromatic N) is 2. The third-order valence-corrected chi connectivity index (χ3v) is 3.26. The van der Waals surface area contributed by atoms with E-state index in [9.17, 15) is 14.9 Å². The molecule has 102 valence electrons. The Morgan fingerprint density at radius 3 is 2.84 bits per heavy atom. The van der Waals surface area contributed by atoms with Crippen molar-refractivity contribution in [2.75, 3.05) is 24.7 Å². The fraction of sp³-hybridized carbons (Fsp3) is 0.462. The second-order valence-electron chi connectivity index (χ2n) is 4.63. The van der Waals surface area contributed by atoms with E-state index in [4.69, 9.17) is 4.74 Å². The minimum absolute atomic E-state index is 0.142. The second-order valence-corrected chi connectivity index (χ2v) is 4.63. The Morgan fingerprint density at radius 1 is 1.53 bits per heavy atom. The minimum atomic E-state index is -0.525. The van der Waals surface area contributed by atoms with E-state index in [2.05, 4.69) is 4.90 Å². The number of hydrogen-bond acceptors (Lipinski definition) is 5. The van der Waals surface area contributed by atoms with Gasteiger partial charge in [-0.25, -0.2) is 0 Å². The summed E-state index contributed by atoms with van der Waals surface area (Å²) in [6, 6.07) is 4.87. The molecule has 1 fully saturated rings. The summed E-state index contributed by atoms with van der Waals surface area (Å²) in [5.74, 6) is -0.297. The van der Waals surface area contributed by atoms with E-state index < -0.39 is 4.92 Å². The molecule has 1 atom stereocenters. The molecule has 0 aromatic heterocycles. The lowest BCUT2D eigenvalue weighted by atomic mass is 10.1. The standard InChI is InChI=1S/C13H16N2O4/c1-9-8-19-6-5-14(9)11-3-4-13(15(17)18)12(7-11)10(2)16/h3-4,7,9H,5-6,8H2,1-2H3. The molecule has 1 aromatic rings. The highest BCUT2D eigenvalue weighted by Crippen LogP contribution is 2.27. The van der Waals surface area contributed by atoms with Gasteiger partial charge in [-0.3, -0.25) is 14.9 Å². The van der Waals surface area contributed by atoms with Crippen molar-refractivity contribution in [2.45, 2.75) is 19.9 Å². The van der Waals surface area contributed by atoms with Gasteiger partial charge in [-0.1, -0.05) is 0 Å². The van der Waals surface area contributed by atoms with E-state index in [-0.39, 0.29) is 23.1 Å². The number of rotatable bonds is 3. The summed E-state index contributed by atoms with van der Waals surface area (Å²) in [5, 5.41) is 10.9. The van der Waals surface area contributed by atoms with Crippen LogP contribution in [0.2, 0.25) is 0 Å². The molecular weight excluding hydrogens is 248 g/mol. The van der Waals surface area contributed by atoms with Gasteiger partial charge in [0.05, 0.1) is 23.7 Å². The van der Waals surface area contributed by atoms with Crippen molar-refractivity contribution in [3.05, 3.63) is 33.9 Å². The molecule has 6 heteroatoms. The number of morpholine rings is 1. The van der Waals surface area contributed by atoms with Crippen LogP contribution in [-0.2, 0) is 4.74 Å². The van der Waals surface area contributed by atoms with Crippen molar-refractivity contribution in [3.63, 3.8) is 0 Å². The Balaban J connectivity index is 2.40. The zero-order chi connectivity index (χ0) is 14.0. The highest BCUT2D eigenvalue weighted by molar-refractivity contribution is 5.99.